The van der Waals surface area contributed by atoms with Gasteiger partial charge in [-0.15, -0.1) is 0 Å². The number of nitrogens with zero attached hydrogens (tertiary/aromatic N) is 1. The number of nitrogens with one attached hydrogen (secondary N) is 1. The molecule has 0 aliphatic heterocycles. The van der Waals surface area contributed by atoms with Crippen molar-refractivity contribution in [3.8, 4) is 5.75 Å². The van der Waals surface area contributed by atoms with E-state index < -0.39 is 0 Å². The van der Waals surface area contributed by atoms with Crippen molar-refractivity contribution in [3.05, 3.63) is 33.9 Å². The Morgan fingerprint density at radius 2 is 2.00 bits per heavy atom. The van der Waals surface area contributed by atoms with Crippen LogP contribution >= 0.6 is 23.2 Å². The summed E-state index contributed by atoms with van der Waals surface area (Å²) in [5.74, 6) is 0.605. The minimum absolute atomic E-state index is 0.496. The molecule has 0 aliphatic carbocycles. The number of fused-ring (bicyclic) bond motifs is 1. The second kappa shape index (κ2) is 7.11. The summed E-state index contributed by atoms with van der Waals surface area (Å²) in [6, 6.07) is 5.57. The van der Waals surface area contributed by atoms with Crippen LogP contribution in [0.15, 0.2) is 18.2 Å². The van der Waals surface area contributed by atoms with Crippen LogP contribution < -0.4 is 10.1 Å². The van der Waals surface area contributed by atoms with E-state index in [1.165, 1.54) is 0 Å². The summed E-state index contributed by atoms with van der Waals surface area (Å²) in [5, 5.41) is 5.23. The zero-order chi connectivity index (χ0) is 14.5. The van der Waals surface area contributed by atoms with E-state index in [9.17, 15) is 0 Å². The minimum atomic E-state index is 0.496. The van der Waals surface area contributed by atoms with Crippen molar-refractivity contribution < 1.29 is 4.74 Å². The normalized spacial score (nSPS) is 11.0. The molecule has 0 saturated heterocycles. The van der Waals surface area contributed by atoms with Crippen molar-refractivity contribution in [1.29, 1.82) is 0 Å². The van der Waals surface area contributed by atoms with Gasteiger partial charge in [0, 0.05) is 17.6 Å². The molecule has 1 N–H and O–H groups in total. The summed E-state index contributed by atoms with van der Waals surface area (Å²) in [7, 11) is 0. The van der Waals surface area contributed by atoms with Crippen LogP contribution in [-0.2, 0) is 0 Å². The van der Waals surface area contributed by atoms with Crippen molar-refractivity contribution in [3.63, 3.8) is 0 Å². The maximum Gasteiger partial charge on any atom is 0.164 e. The van der Waals surface area contributed by atoms with E-state index >= 15 is 0 Å². The minimum Gasteiger partial charge on any atom is -0.488 e. The van der Waals surface area contributed by atoms with E-state index in [0.29, 0.717) is 22.4 Å². The van der Waals surface area contributed by atoms with Crippen molar-refractivity contribution in [2.45, 2.75) is 20.3 Å². The molecule has 0 saturated carbocycles. The van der Waals surface area contributed by atoms with E-state index in [1.807, 2.05) is 19.1 Å². The Balaban J connectivity index is 2.25. The number of aromatic nitrogens is 1. The zero-order valence-electron chi connectivity index (χ0n) is 11.7. The van der Waals surface area contributed by atoms with E-state index in [4.69, 9.17) is 27.9 Å². The van der Waals surface area contributed by atoms with Gasteiger partial charge in [0.25, 0.3) is 0 Å². The molecule has 0 bridgehead atoms. The number of pyridine rings is 1. The molecule has 108 valence electrons. The number of hydrogen-bond acceptors (Lipinski definition) is 3. The highest BCUT2D eigenvalue weighted by molar-refractivity contribution is 6.39. The maximum atomic E-state index is 6.23. The molecule has 2 aromatic rings. The molecule has 0 amide bonds. The predicted molar refractivity (Wildman–Crippen MR) is 85.2 cm³/mol. The van der Waals surface area contributed by atoms with Gasteiger partial charge in [0.1, 0.15) is 12.1 Å². The standard InChI is InChI=1S/C15H18Cl2N2O/c1-3-6-18-7-8-20-15-13(17)9-12(16)11-5-4-10(2)19-14(11)15/h4-5,9,18H,3,6-8H2,1-2H3. The number of aryl methyl sites for hydroxylation is 1. The third-order valence-electron chi connectivity index (χ3n) is 2.93. The summed E-state index contributed by atoms with van der Waals surface area (Å²) in [4.78, 5) is 4.50. The molecule has 3 nitrogen and oxygen atoms in total. The summed E-state index contributed by atoms with van der Waals surface area (Å²) in [6.07, 6.45) is 1.10. The summed E-state index contributed by atoms with van der Waals surface area (Å²) in [6.45, 7) is 6.37. The van der Waals surface area contributed by atoms with Gasteiger partial charge >= 0.3 is 0 Å². The van der Waals surface area contributed by atoms with Crippen molar-refractivity contribution in [1.82, 2.24) is 10.3 Å². The Kier molecular flexibility index (Phi) is 5.46. The molecule has 1 aromatic carbocycles. The molecule has 0 spiro atoms. The lowest BCUT2D eigenvalue weighted by atomic mass is 10.2. The molecule has 0 aliphatic rings. The van der Waals surface area contributed by atoms with Crippen LogP contribution in [0.3, 0.4) is 0 Å². The quantitative estimate of drug-likeness (QED) is 0.811. The Labute approximate surface area is 129 Å². The van der Waals surface area contributed by atoms with E-state index in [2.05, 4.69) is 17.2 Å². The summed E-state index contributed by atoms with van der Waals surface area (Å²) < 4.78 is 5.79. The predicted octanol–water partition coefficient (Wildman–Crippen LogP) is 4.23. The van der Waals surface area contributed by atoms with Crippen molar-refractivity contribution >= 4 is 34.1 Å². The van der Waals surface area contributed by atoms with Crippen molar-refractivity contribution in [2.75, 3.05) is 19.7 Å². The number of halogens is 2. The first kappa shape index (κ1) is 15.4. The molecule has 1 aromatic heterocycles. The maximum absolute atomic E-state index is 6.23. The van der Waals surface area contributed by atoms with Gasteiger partial charge < -0.3 is 10.1 Å². The van der Waals surface area contributed by atoms with Crippen LogP contribution in [0.4, 0.5) is 0 Å². The first-order valence-electron chi connectivity index (χ1n) is 6.72. The van der Waals surface area contributed by atoms with Crippen LogP contribution in [0, 0.1) is 6.92 Å². The van der Waals surface area contributed by atoms with E-state index in [-0.39, 0.29) is 0 Å². The van der Waals surface area contributed by atoms with Gasteiger partial charge in [-0.2, -0.15) is 0 Å². The van der Waals surface area contributed by atoms with Gasteiger partial charge in [0.2, 0.25) is 0 Å². The fourth-order valence-corrected chi connectivity index (χ4v) is 2.53. The Morgan fingerprint density at radius 1 is 1.20 bits per heavy atom. The number of rotatable bonds is 6. The highest BCUT2D eigenvalue weighted by atomic mass is 35.5. The molecule has 1 heterocycles. The average molecular weight is 313 g/mol. The first-order valence-corrected chi connectivity index (χ1v) is 7.48. The van der Waals surface area contributed by atoms with E-state index in [0.717, 1.165) is 36.1 Å². The molecule has 0 radical (unpaired) electrons. The zero-order valence-corrected chi connectivity index (χ0v) is 13.2. The average Bonchev–Trinajstić information content (AvgIpc) is 2.41. The molecule has 2 rings (SSSR count). The largest absolute Gasteiger partial charge is 0.488 e. The molecule has 5 heteroatoms. The van der Waals surface area contributed by atoms with Crippen LogP contribution in [0.2, 0.25) is 10.0 Å². The molecular formula is C15H18Cl2N2O. The number of benzene rings is 1. The van der Waals surface area contributed by atoms with Gasteiger partial charge in [-0.25, -0.2) is 4.98 Å². The topological polar surface area (TPSA) is 34.1 Å². The summed E-state index contributed by atoms with van der Waals surface area (Å²) >= 11 is 12.4. The number of hydrogen-bond donors (Lipinski definition) is 1. The Bertz CT molecular complexity index is 602. The Morgan fingerprint density at radius 3 is 2.75 bits per heavy atom. The molecule has 0 unspecified atom stereocenters. The van der Waals surface area contributed by atoms with Gasteiger partial charge in [0.15, 0.2) is 5.75 Å². The second-order valence-electron chi connectivity index (χ2n) is 4.62. The monoisotopic (exact) mass is 312 g/mol. The van der Waals surface area contributed by atoms with E-state index in [1.54, 1.807) is 6.07 Å². The van der Waals surface area contributed by atoms with Crippen molar-refractivity contribution in [2.24, 2.45) is 0 Å². The van der Waals surface area contributed by atoms with Crippen LogP contribution in [0.1, 0.15) is 19.0 Å². The molecule has 0 fully saturated rings. The van der Waals surface area contributed by atoms with Crippen LogP contribution in [0.5, 0.6) is 5.75 Å². The fourth-order valence-electron chi connectivity index (χ4n) is 1.95. The lowest BCUT2D eigenvalue weighted by Gasteiger charge is -2.12. The SMILES string of the molecule is CCCNCCOc1c(Cl)cc(Cl)c2ccc(C)nc12. The molecule has 0 atom stereocenters. The van der Waals surface area contributed by atoms with Gasteiger partial charge in [-0.1, -0.05) is 30.1 Å². The first-order chi connectivity index (χ1) is 9.63. The lowest BCUT2D eigenvalue weighted by molar-refractivity contribution is 0.317. The third kappa shape index (κ3) is 3.54. The van der Waals surface area contributed by atoms with Crippen LogP contribution in [-0.4, -0.2) is 24.7 Å². The van der Waals surface area contributed by atoms with Gasteiger partial charge in [-0.05, 0) is 38.1 Å². The third-order valence-corrected chi connectivity index (χ3v) is 3.52. The van der Waals surface area contributed by atoms with Gasteiger partial charge in [-0.3, -0.25) is 0 Å². The number of ether oxygens (including phenoxy) is 1. The second-order valence-corrected chi connectivity index (χ2v) is 5.43. The fraction of sp³-hybridized carbons (Fsp3) is 0.400. The summed E-state index contributed by atoms with van der Waals surface area (Å²) in [5.41, 5.74) is 1.63. The van der Waals surface area contributed by atoms with Gasteiger partial charge in [0.05, 0.1) is 10.0 Å². The smallest absolute Gasteiger partial charge is 0.164 e. The Hall–Kier alpha value is -1.03. The van der Waals surface area contributed by atoms with Crippen LogP contribution in [0.25, 0.3) is 10.9 Å². The molecular weight excluding hydrogens is 295 g/mol. The highest BCUT2D eigenvalue weighted by Crippen LogP contribution is 2.37. The lowest BCUT2D eigenvalue weighted by Crippen LogP contribution is -2.21. The molecule has 20 heavy (non-hydrogen) atoms. The highest BCUT2D eigenvalue weighted by Gasteiger charge is 2.13.